The molecule has 0 aromatic carbocycles. The highest BCUT2D eigenvalue weighted by molar-refractivity contribution is 7.09. The molecule has 0 aliphatic heterocycles. The summed E-state index contributed by atoms with van der Waals surface area (Å²) in [4.78, 5) is 16.0. The van der Waals surface area contributed by atoms with Gasteiger partial charge in [0.15, 0.2) is 0 Å². The third-order valence-electron chi connectivity index (χ3n) is 2.62. The Hall–Kier alpha value is -1.89. The lowest BCUT2D eigenvalue weighted by atomic mass is 10.3. The van der Waals surface area contributed by atoms with Crippen LogP contribution in [0.3, 0.4) is 0 Å². The van der Waals surface area contributed by atoms with Crippen molar-refractivity contribution in [1.29, 1.82) is 0 Å². The van der Waals surface area contributed by atoms with Crippen molar-refractivity contribution in [2.75, 3.05) is 38.0 Å². The van der Waals surface area contributed by atoms with Gasteiger partial charge in [0.2, 0.25) is 11.9 Å². The van der Waals surface area contributed by atoms with Gasteiger partial charge in [0, 0.05) is 25.5 Å². The molecule has 0 aliphatic carbocycles. The topological polar surface area (TPSA) is 63.2 Å². The molecule has 0 spiro atoms. The summed E-state index contributed by atoms with van der Waals surface area (Å²) >= 11 is 1.76. The number of ether oxygens (including phenoxy) is 1. The smallest absolute Gasteiger partial charge is 0.322 e. The molecule has 0 fully saturated rings. The van der Waals surface area contributed by atoms with Gasteiger partial charge < -0.3 is 15.0 Å². The van der Waals surface area contributed by atoms with Gasteiger partial charge >= 0.3 is 6.01 Å². The van der Waals surface area contributed by atoms with Crippen LogP contribution in [-0.2, 0) is 6.42 Å². The standard InChI is InChI=1S/C12H17N5OS/c1-13-10-14-11(16-12(15-10)18-3)17(2)7-6-9-5-4-8-19-9/h4-5,8H,6-7H2,1-3H3,(H,13,14,15,16). The van der Waals surface area contributed by atoms with Gasteiger partial charge in [-0.2, -0.15) is 15.0 Å². The van der Waals surface area contributed by atoms with Crippen LogP contribution in [0.25, 0.3) is 0 Å². The van der Waals surface area contributed by atoms with Crippen molar-refractivity contribution in [1.82, 2.24) is 15.0 Å². The number of nitrogens with one attached hydrogen (secondary N) is 1. The van der Waals surface area contributed by atoms with Gasteiger partial charge in [-0.1, -0.05) is 6.07 Å². The molecule has 19 heavy (non-hydrogen) atoms. The van der Waals surface area contributed by atoms with E-state index in [1.54, 1.807) is 25.5 Å². The van der Waals surface area contributed by atoms with Crippen LogP contribution in [0.2, 0.25) is 0 Å². The predicted molar refractivity (Wildman–Crippen MR) is 77.2 cm³/mol. The first-order valence-electron chi connectivity index (χ1n) is 5.94. The van der Waals surface area contributed by atoms with E-state index in [1.165, 1.54) is 4.88 Å². The number of anilines is 2. The van der Waals surface area contributed by atoms with E-state index in [0.717, 1.165) is 13.0 Å². The van der Waals surface area contributed by atoms with E-state index in [2.05, 4.69) is 37.8 Å². The molecule has 0 atom stereocenters. The molecule has 0 aliphatic rings. The van der Waals surface area contributed by atoms with Crippen LogP contribution in [0.5, 0.6) is 6.01 Å². The second kappa shape index (κ2) is 6.33. The quantitative estimate of drug-likeness (QED) is 0.867. The molecule has 0 amide bonds. The van der Waals surface area contributed by atoms with Gasteiger partial charge in [-0.05, 0) is 17.9 Å². The summed E-state index contributed by atoms with van der Waals surface area (Å²) in [6.07, 6.45) is 0.969. The number of hydrogen-bond acceptors (Lipinski definition) is 7. The fourth-order valence-corrected chi connectivity index (χ4v) is 2.25. The second-order valence-corrected chi connectivity index (χ2v) is 4.98. The minimum absolute atomic E-state index is 0.317. The zero-order valence-corrected chi connectivity index (χ0v) is 12.1. The lowest BCUT2D eigenvalue weighted by molar-refractivity contribution is 0.379. The SMILES string of the molecule is CNc1nc(OC)nc(N(C)CCc2cccs2)n1. The van der Waals surface area contributed by atoms with Crippen molar-refractivity contribution in [3.05, 3.63) is 22.4 Å². The van der Waals surface area contributed by atoms with Crippen LogP contribution >= 0.6 is 11.3 Å². The third-order valence-corrected chi connectivity index (χ3v) is 3.56. The summed E-state index contributed by atoms with van der Waals surface area (Å²) in [6, 6.07) is 4.51. The van der Waals surface area contributed by atoms with E-state index >= 15 is 0 Å². The van der Waals surface area contributed by atoms with E-state index in [-0.39, 0.29) is 0 Å². The Morgan fingerprint density at radius 3 is 2.84 bits per heavy atom. The zero-order chi connectivity index (χ0) is 13.7. The fourth-order valence-electron chi connectivity index (χ4n) is 1.55. The number of thiophene rings is 1. The van der Waals surface area contributed by atoms with E-state index < -0.39 is 0 Å². The highest BCUT2D eigenvalue weighted by Gasteiger charge is 2.10. The number of aromatic nitrogens is 3. The summed E-state index contributed by atoms with van der Waals surface area (Å²) in [7, 11) is 5.27. The predicted octanol–water partition coefficient (Wildman–Crippen LogP) is 1.66. The van der Waals surface area contributed by atoms with Crippen LogP contribution < -0.4 is 15.0 Å². The van der Waals surface area contributed by atoms with E-state index in [1.807, 2.05) is 11.9 Å². The maximum Gasteiger partial charge on any atom is 0.322 e. The monoisotopic (exact) mass is 279 g/mol. The Labute approximate surface area is 116 Å². The normalized spacial score (nSPS) is 10.3. The molecule has 0 saturated heterocycles. The van der Waals surface area contributed by atoms with Crippen LogP contribution in [0.4, 0.5) is 11.9 Å². The molecule has 2 aromatic heterocycles. The summed E-state index contributed by atoms with van der Waals surface area (Å²) in [5, 5.41) is 4.98. The molecule has 102 valence electrons. The fraction of sp³-hybridized carbons (Fsp3) is 0.417. The number of likely N-dealkylation sites (N-methyl/N-ethyl adjacent to an activating group) is 1. The van der Waals surface area contributed by atoms with Gasteiger partial charge in [-0.25, -0.2) is 0 Å². The van der Waals surface area contributed by atoms with Crippen molar-refractivity contribution in [3.63, 3.8) is 0 Å². The lowest BCUT2D eigenvalue weighted by Gasteiger charge is -2.17. The van der Waals surface area contributed by atoms with Gasteiger partial charge in [0.1, 0.15) is 0 Å². The summed E-state index contributed by atoms with van der Waals surface area (Å²) in [5.74, 6) is 1.11. The molecular formula is C12H17N5OS. The first kappa shape index (κ1) is 13.5. The van der Waals surface area contributed by atoms with Gasteiger partial charge in [-0.3, -0.25) is 0 Å². The maximum absolute atomic E-state index is 5.07. The van der Waals surface area contributed by atoms with Crippen molar-refractivity contribution < 1.29 is 4.74 Å². The largest absolute Gasteiger partial charge is 0.467 e. The summed E-state index contributed by atoms with van der Waals surface area (Å²) in [5.41, 5.74) is 0. The third kappa shape index (κ3) is 3.54. The number of nitrogens with zero attached hydrogens (tertiary/aromatic N) is 4. The van der Waals surface area contributed by atoms with Gasteiger partial charge in [0.25, 0.3) is 0 Å². The number of hydrogen-bond donors (Lipinski definition) is 1. The molecule has 1 N–H and O–H groups in total. The van der Waals surface area contributed by atoms with Crippen LogP contribution in [0, 0.1) is 0 Å². The van der Waals surface area contributed by atoms with Crippen molar-refractivity contribution in [3.8, 4) is 6.01 Å². The average molecular weight is 279 g/mol. The molecule has 2 heterocycles. The summed E-state index contributed by atoms with van der Waals surface area (Å²) < 4.78 is 5.07. The van der Waals surface area contributed by atoms with Crippen molar-refractivity contribution >= 4 is 23.2 Å². The highest BCUT2D eigenvalue weighted by Crippen LogP contribution is 2.15. The molecule has 6 nitrogen and oxygen atoms in total. The van der Waals surface area contributed by atoms with Crippen molar-refractivity contribution in [2.24, 2.45) is 0 Å². The zero-order valence-electron chi connectivity index (χ0n) is 11.3. The van der Waals surface area contributed by atoms with Gasteiger partial charge in [0.05, 0.1) is 7.11 Å². The Bertz CT molecular complexity index is 495. The van der Waals surface area contributed by atoms with Crippen molar-refractivity contribution in [2.45, 2.75) is 6.42 Å². The Balaban J connectivity index is 2.07. The molecular weight excluding hydrogens is 262 g/mol. The van der Waals surface area contributed by atoms with Crippen LogP contribution in [0.15, 0.2) is 17.5 Å². The summed E-state index contributed by atoms with van der Waals surface area (Å²) in [6.45, 7) is 0.844. The highest BCUT2D eigenvalue weighted by atomic mass is 32.1. The van der Waals surface area contributed by atoms with E-state index in [4.69, 9.17) is 4.74 Å². The minimum atomic E-state index is 0.317. The molecule has 0 radical (unpaired) electrons. The van der Waals surface area contributed by atoms with Crippen LogP contribution in [-0.4, -0.2) is 42.7 Å². The van der Waals surface area contributed by atoms with E-state index in [9.17, 15) is 0 Å². The Morgan fingerprint density at radius 1 is 1.37 bits per heavy atom. The molecule has 2 rings (SSSR count). The number of methoxy groups -OCH3 is 1. The maximum atomic E-state index is 5.07. The minimum Gasteiger partial charge on any atom is -0.467 e. The van der Waals surface area contributed by atoms with E-state index in [0.29, 0.717) is 17.9 Å². The second-order valence-electron chi connectivity index (χ2n) is 3.95. The molecule has 0 unspecified atom stereocenters. The number of rotatable bonds is 6. The lowest BCUT2D eigenvalue weighted by Crippen LogP contribution is -2.23. The molecule has 0 bridgehead atoms. The molecule has 0 saturated carbocycles. The average Bonchev–Trinajstić information content (AvgIpc) is 2.97. The van der Waals surface area contributed by atoms with Gasteiger partial charge in [-0.15, -0.1) is 11.3 Å². The van der Waals surface area contributed by atoms with Crippen LogP contribution in [0.1, 0.15) is 4.88 Å². The molecule has 2 aromatic rings. The first-order chi connectivity index (χ1) is 9.22. The molecule has 7 heteroatoms. The Kier molecular flexibility index (Phi) is 4.51. The Morgan fingerprint density at radius 2 is 2.21 bits per heavy atom. The first-order valence-corrected chi connectivity index (χ1v) is 6.82.